The lowest BCUT2D eigenvalue weighted by atomic mass is 10.2. The normalized spacial score (nSPS) is 10.4. The van der Waals surface area contributed by atoms with Gasteiger partial charge in [0.25, 0.3) is 0 Å². The minimum Gasteiger partial charge on any atom is -0.399 e. The Balaban J connectivity index is 2.39. The first kappa shape index (κ1) is 8.71. The molecule has 0 atom stereocenters. The van der Waals surface area contributed by atoms with Gasteiger partial charge >= 0.3 is 0 Å². The van der Waals surface area contributed by atoms with Gasteiger partial charge in [0.2, 0.25) is 11.7 Å². The molecule has 2 aromatic rings. The van der Waals surface area contributed by atoms with Gasteiger partial charge in [-0.05, 0) is 12.1 Å². The highest BCUT2D eigenvalue weighted by Gasteiger charge is 2.06. The van der Waals surface area contributed by atoms with Gasteiger partial charge in [0.15, 0.2) is 0 Å². The van der Waals surface area contributed by atoms with E-state index in [0.717, 1.165) is 5.56 Å². The van der Waals surface area contributed by atoms with Crippen molar-refractivity contribution in [2.45, 2.75) is 6.54 Å². The van der Waals surface area contributed by atoms with Crippen molar-refractivity contribution in [1.29, 1.82) is 0 Å². The maximum Gasteiger partial charge on any atom is 0.240 e. The molecule has 5 nitrogen and oxygen atoms in total. The summed E-state index contributed by atoms with van der Waals surface area (Å²) in [6.45, 7) is 0.245. The van der Waals surface area contributed by atoms with Gasteiger partial charge < -0.3 is 16.0 Å². The van der Waals surface area contributed by atoms with E-state index in [1.165, 1.54) is 0 Å². The lowest BCUT2D eigenvalue weighted by Gasteiger charge is -1.94. The van der Waals surface area contributed by atoms with Crippen LogP contribution < -0.4 is 11.5 Å². The number of hydrogen-bond acceptors (Lipinski definition) is 5. The molecule has 1 heterocycles. The minimum atomic E-state index is 0.245. The van der Waals surface area contributed by atoms with Crippen LogP contribution in [0.4, 0.5) is 5.69 Å². The van der Waals surface area contributed by atoms with Crippen LogP contribution in [-0.2, 0) is 6.54 Å². The summed E-state index contributed by atoms with van der Waals surface area (Å²) in [6, 6.07) is 7.28. The molecule has 72 valence electrons. The molecule has 0 unspecified atom stereocenters. The van der Waals surface area contributed by atoms with Gasteiger partial charge in [-0.2, -0.15) is 4.98 Å². The van der Waals surface area contributed by atoms with Crippen molar-refractivity contribution in [1.82, 2.24) is 10.1 Å². The summed E-state index contributed by atoms with van der Waals surface area (Å²) in [7, 11) is 0. The zero-order chi connectivity index (χ0) is 9.97. The molecule has 1 aromatic carbocycles. The van der Waals surface area contributed by atoms with Crippen molar-refractivity contribution >= 4 is 5.69 Å². The van der Waals surface area contributed by atoms with Crippen molar-refractivity contribution < 1.29 is 4.52 Å². The Bertz CT molecular complexity index is 438. The van der Waals surface area contributed by atoms with Crippen molar-refractivity contribution in [3.05, 3.63) is 30.2 Å². The van der Waals surface area contributed by atoms with E-state index in [2.05, 4.69) is 10.1 Å². The van der Waals surface area contributed by atoms with E-state index in [1.807, 2.05) is 12.1 Å². The first-order valence-corrected chi connectivity index (χ1v) is 4.18. The standard InChI is InChI=1S/C9H10N4O/c10-5-8-12-9(13-14-8)6-2-1-3-7(11)4-6/h1-4H,5,10-11H2. The molecule has 0 aliphatic carbocycles. The fourth-order valence-corrected chi connectivity index (χ4v) is 1.13. The smallest absolute Gasteiger partial charge is 0.240 e. The Kier molecular flexibility index (Phi) is 2.16. The predicted molar refractivity (Wildman–Crippen MR) is 52.0 cm³/mol. The molecule has 1 aromatic heterocycles. The largest absolute Gasteiger partial charge is 0.399 e. The first-order chi connectivity index (χ1) is 6.79. The maximum atomic E-state index is 5.62. The molecule has 5 heteroatoms. The monoisotopic (exact) mass is 190 g/mol. The number of hydrogen-bond donors (Lipinski definition) is 2. The number of nitrogens with zero attached hydrogens (tertiary/aromatic N) is 2. The highest BCUT2D eigenvalue weighted by atomic mass is 16.5. The summed E-state index contributed by atoms with van der Waals surface area (Å²) in [6.07, 6.45) is 0. The van der Waals surface area contributed by atoms with Crippen LogP contribution in [0.25, 0.3) is 11.4 Å². The lowest BCUT2D eigenvalue weighted by molar-refractivity contribution is 0.380. The van der Waals surface area contributed by atoms with Crippen LogP contribution in [-0.4, -0.2) is 10.1 Å². The number of nitrogen functional groups attached to an aromatic ring is 1. The third kappa shape index (κ3) is 1.57. The van der Waals surface area contributed by atoms with E-state index < -0.39 is 0 Å². The van der Waals surface area contributed by atoms with Gasteiger partial charge in [-0.15, -0.1) is 0 Å². The molecular formula is C9H10N4O. The average Bonchev–Trinajstić information content (AvgIpc) is 2.66. The Morgan fingerprint density at radius 1 is 1.36 bits per heavy atom. The minimum absolute atomic E-state index is 0.245. The van der Waals surface area contributed by atoms with Gasteiger partial charge in [0.05, 0.1) is 6.54 Å². The molecule has 4 N–H and O–H groups in total. The molecule has 0 aliphatic heterocycles. The summed E-state index contributed by atoms with van der Waals surface area (Å²) >= 11 is 0. The number of aromatic nitrogens is 2. The predicted octanol–water partition coefficient (Wildman–Crippen LogP) is 0.778. The number of nitrogens with two attached hydrogens (primary N) is 2. The van der Waals surface area contributed by atoms with Crippen LogP contribution in [0, 0.1) is 0 Å². The van der Waals surface area contributed by atoms with Crippen LogP contribution >= 0.6 is 0 Å². The first-order valence-electron chi connectivity index (χ1n) is 4.18. The van der Waals surface area contributed by atoms with Gasteiger partial charge in [-0.25, -0.2) is 0 Å². The third-order valence-electron chi connectivity index (χ3n) is 1.79. The van der Waals surface area contributed by atoms with E-state index in [1.54, 1.807) is 12.1 Å². The van der Waals surface area contributed by atoms with Gasteiger partial charge in [0, 0.05) is 11.3 Å². The van der Waals surface area contributed by atoms with Crippen LogP contribution in [0.1, 0.15) is 5.89 Å². The fraction of sp³-hybridized carbons (Fsp3) is 0.111. The zero-order valence-electron chi connectivity index (χ0n) is 7.47. The van der Waals surface area contributed by atoms with Gasteiger partial charge in [-0.3, -0.25) is 0 Å². The second-order valence-electron chi connectivity index (χ2n) is 2.84. The molecule has 0 amide bonds. The average molecular weight is 190 g/mol. The van der Waals surface area contributed by atoms with Crippen molar-refractivity contribution in [3.8, 4) is 11.4 Å². The topological polar surface area (TPSA) is 91.0 Å². The number of rotatable bonds is 2. The Morgan fingerprint density at radius 3 is 2.86 bits per heavy atom. The Labute approximate surface area is 80.7 Å². The molecule has 0 bridgehead atoms. The maximum absolute atomic E-state index is 5.62. The van der Waals surface area contributed by atoms with E-state index >= 15 is 0 Å². The summed E-state index contributed by atoms with van der Waals surface area (Å²) in [4.78, 5) is 4.08. The van der Waals surface area contributed by atoms with Crippen LogP contribution in [0.2, 0.25) is 0 Å². The second kappa shape index (κ2) is 3.47. The van der Waals surface area contributed by atoms with Crippen molar-refractivity contribution in [2.24, 2.45) is 5.73 Å². The van der Waals surface area contributed by atoms with Crippen molar-refractivity contribution in [2.75, 3.05) is 5.73 Å². The van der Waals surface area contributed by atoms with E-state index in [-0.39, 0.29) is 6.54 Å². The van der Waals surface area contributed by atoms with E-state index in [9.17, 15) is 0 Å². The molecule has 0 saturated heterocycles. The molecule has 0 radical (unpaired) electrons. The van der Waals surface area contributed by atoms with E-state index in [4.69, 9.17) is 16.0 Å². The summed E-state index contributed by atoms with van der Waals surface area (Å²) in [5, 5.41) is 3.78. The number of anilines is 1. The molecule has 0 aliphatic rings. The lowest BCUT2D eigenvalue weighted by Crippen LogP contribution is -1.95. The molecule has 0 spiro atoms. The SMILES string of the molecule is NCc1nc(-c2cccc(N)c2)no1. The van der Waals surface area contributed by atoms with Crippen molar-refractivity contribution in [3.63, 3.8) is 0 Å². The van der Waals surface area contributed by atoms with Crippen LogP contribution in [0.15, 0.2) is 28.8 Å². The molecule has 0 saturated carbocycles. The third-order valence-corrected chi connectivity index (χ3v) is 1.79. The fourth-order valence-electron chi connectivity index (χ4n) is 1.13. The van der Waals surface area contributed by atoms with Gasteiger partial charge in [0.1, 0.15) is 0 Å². The Hall–Kier alpha value is -1.88. The Morgan fingerprint density at radius 2 is 2.21 bits per heavy atom. The van der Waals surface area contributed by atoms with E-state index in [0.29, 0.717) is 17.4 Å². The van der Waals surface area contributed by atoms with Crippen LogP contribution in [0.3, 0.4) is 0 Å². The highest BCUT2D eigenvalue weighted by Crippen LogP contribution is 2.17. The molecular weight excluding hydrogens is 180 g/mol. The quantitative estimate of drug-likeness (QED) is 0.683. The molecule has 2 rings (SSSR count). The zero-order valence-corrected chi connectivity index (χ0v) is 7.47. The second-order valence-corrected chi connectivity index (χ2v) is 2.84. The summed E-state index contributed by atoms with van der Waals surface area (Å²) in [5.41, 5.74) is 12.5. The van der Waals surface area contributed by atoms with Gasteiger partial charge in [-0.1, -0.05) is 17.3 Å². The molecule has 14 heavy (non-hydrogen) atoms. The number of benzene rings is 1. The van der Waals surface area contributed by atoms with Crippen LogP contribution in [0.5, 0.6) is 0 Å². The molecule has 0 fully saturated rings. The highest BCUT2D eigenvalue weighted by molar-refractivity contribution is 5.60. The summed E-state index contributed by atoms with van der Waals surface area (Å²) < 4.78 is 4.88. The summed E-state index contributed by atoms with van der Waals surface area (Å²) in [5.74, 6) is 0.931.